The van der Waals surface area contributed by atoms with E-state index < -0.39 is 0 Å². The Labute approximate surface area is 63.0 Å². The fraction of sp³-hybridized carbons (Fsp3) is 1.00. The average Bonchev–Trinajstić information content (AvgIpc) is 2.74. The van der Waals surface area contributed by atoms with Crippen molar-refractivity contribution in [3.8, 4) is 0 Å². The van der Waals surface area contributed by atoms with Gasteiger partial charge >= 0.3 is 0 Å². The molecule has 0 aromatic heterocycles. The van der Waals surface area contributed by atoms with Crippen LogP contribution >= 0.6 is 0 Å². The molecule has 4 unspecified atom stereocenters. The van der Waals surface area contributed by atoms with Gasteiger partial charge in [0.2, 0.25) is 0 Å². The molecule has 0 nitrogen and oxygen atoms in total. The monoisotopic (exact) mass is 136 g/mol. The molecule has 0 aromatic carbocycles. The van der Waals surface area contributed by atoms with E-state index in [1.807, 2.05) is 0 Å². The molecule has 3 aliphatic rings. The largest absolute Gasteiger partial charge is 0.0648 e. The highest BCUT2D eigenvalue weighted by Gasteiger charge is 2.77. The lowest BCUT2D eigenvalue weighted by Gasteiger charge is -2.19. The molecule has 0 heteroatoms. The van der Waals surface area contributed by atoms with E-state index in [-0.39, 0.29) is 0 Å². The minimum absolute atomic E-state index is 0.840. The quantitative estimate of drug-likeness (QED) is 0.520. The van der Waals surface area contributed by atoms with E-state index >= 15 is 0 Å². The normalized spacial score (nSPS) is 69.0. The molecular formula is C10H16. The van der Waals surface area contributed by atoms with Crippen LogP contribution in [0.25, 0.3) is 0 Å². The van der Waals surface area contributed by atoms with Gasteiger partial charge in [-0.15, -0.1) is 0 Å². The zero-order valence-electron chi connectivity index (χ0n) is 6.98. The standard InChI is InChI=1S/C10H16/c1-3-10-6-8(10)4-7-5-9(7,10)2/h7-8H,3-6H2,1-2H3. The van der Waals surface area contributed by atoms with Crippen molar-refractivity contribution in [1.82, 2.24) is 0 Å². The summed E-state index contributed by atoms with van der Waals surface area (Å²) in [5, 5.41) is 0. The van der Waals surface area contributed by atoms with Crippen molar-refractivity contribution >= 4 is 0 Å². The lowest BCUT2D eigenvalue weighted by Crippen LogP contribution is -2.12. The highest BCUT2D eigenvalue weighted by atomic mass is 14.8. The summed E-state index contributed by atoms with van der Waals surface area (Å²) in [4.78, 5) is 0. The van der Waals surface area contributed by atoms with Crippen molar-refractivity contribution in [3.05, 3.63) is 0 Å². The van der Waals surface area contributed by atoms with Gasteiger partial charge in [0.05, 0.1) is 0 Å². The van der Waals surface area contributed by atoms with E-state index in [9.17, 15) is 0 Å². The van der Waals surface area contributed by atoms with Gasteiger partial charge in [-0.1, -0.05) is 13.8 Å². The molecule has 4 atom stereocenters. The molecule has 3 aliphatic carbocycles. The molecule has 0 radical (unpaired) electrons. The first-order valence-electron chi connectivity index (χ1n) is 4.73. The SMILES string of the molecule is CCC12CC1CC1CC12C. The maximum Gasteiger partial charge on any atom is -0.0212 e. The molecule has 0 heterocycles. The second kappa shape index (κ2) is 1.19. The van der Waals surface area contributed by atoms with E-state index in [4.69, 9.17) is 0 Å². The van der Waals surface area contributed by atoms with E-state index in [0.29, 0.717) is 0 Å². The summed E-state index contributed by atoms with van der Waals surface area (Å²) in [6, 6.07) is 0. The van der Waals surface area contributed by atoms with E-state index in [1.54, 1.807) is 19.3 Å². The van der Waals surface area contributed by atoms with Gasteiger partial charge in [-0.3, -0.25) is 0 Å². The highest BCUT2D eigenvalue weighted by Crippen LogP contribution is 2.85. The summed E-state index contributed by atoms with van der Waals surface area (Å²) in [5.41, 5.74) is 1.71. The van der Waals surface area contributed by atoms with Crippen molar-refractivity contribution in [3.63, 3.8) is 0 Å². The van der Waals surface area contributed by atoms with E-state index in [0.717, 1.165) is 16.7 Å². The Morgan fingerprint density at radius 1 is 1.30 bits per heavy atom. The van der Waals surface area contributed by atoms with Crippen LogP contribution in [0.1, 0.15) is 39.5 Å². The van der Waals surface area contributed by atoms with Crippen molar-refractivity contribution < 1.29 is 0 Å². The fourth-order valence-corrected chi connectivity index (χ4v) is 3.98. The molecule has 0 aromatic rings. The van der Waals surface area contributed by atoms with Gasteiger partial charge in [-0.2, -0.15) is 0 Å². The minimum atomic E-state index is 0.840. The molecule has 3 rings (SSSR count). The first-order valence-corrected chi connectivity index (χ1v) is 4.73. The third-order valence-corrected chi connectivity index (χ3v) is 4.98. The van der Waals surface area contributed by atoms with Gasteiger partial charge < -0.3 is 0 Å². The molecule has 10 heavy (non-hydrogen) atoms. The summed E-state index contributed by atoms with van der Waals surface area (Å²) in [7, 11) is 0. The average molecular weight is 136 g/mol. The van der Waals surface area contributed by atoms with E-state index in [2.05, 4.69) is 13.8 Å². The molecule has 0 N–H and O–H groups in total. The Morgan fingerprint density at radius 3 is 2.50 bits per heavy atom. The Kier molecular flexibility index (Phi) is 0.669. The number of fused-ring (bicyclic) bond motifs is 3. The Hall–Kier alpha value is 0. The molecule has 3 saturated carbocycles. The van der Waals surface area contributed by atoms with E-state index in [1.165, 1.54) is 12.3 Å². The first kappa shape index (κ1) is 5.62. The van der Waals surface area contributed by atoms with Gasteiger partial charge in [0.1, 0.15) is 0 Å². The summed E-state index contributed by atoms with van der Waals surface area (Å²) in [6.45, 7) is 4.93. The lowest BCUT2D eigenvalue weighted by molar-refractivity contribution is 0.292. The van der Waals surface area contributed by atoms with Crippen LogP contribution in [0.15, 0.2) is 0 Å². The van der Waals surface area contributed by atoms with Crippen LogP contribution in [0.4, 0.5) is 0 Å². The Morgan fingerprint density at radius 2 is 2.10 bits per heavy atom. The molecule has 0 spiro atoms. The van der Waals surface area contributed by atoms with Crippen LogP contribution in [0.5, 0.6) is 0 Å². The zero-order valence-corrected chi connectivity index (χ0v) is 6.98. The van der Waals surface area contributed by atoms with Crippen LogP contribution in [0.3, 0.4) is 0 Å². The fourth-order valence-electron chi connectivity index (χ4n) is 3.98. The predicted octanol–water partition coefficient (Wildman–Crippen LogP) is 2.83. The third-order valence-electron chi connectivity index (χ3n) is 4.98. The summed E-state index contributed by atoms with van der Waals surface area (Å²) >= 11 is 0. The van der Waals surface area contributed by atoms with Gasteiger partial charge in [-0.25, -0.2) is 0 Å². The van der Waals surface area contributed by atoms with Crippen molar-refractivity contribution in [1.29, 1.82) is 0 Å². The summed E-state index contributed by atoms with van der Waals surface area (Å²) in [5.74, 6) is 2.33. The molecule has 3 fully saturated rings. The van der Waals surface area contributed by atoms with Crippen LogP contribution in [0.2, 0.25) is 0 Å². The van der Waals surface area contributed by atoms with Gasteiger partial charge in [-0.05, 0) is 48.3 Å². The summed E-state index contributed by atoms with van der Waals surface area (Å²) in [6.07, 6.45) is 6.20. The molecule has 56 valence electrons. The molecule has 0 saturated heterocycles. The van der Waals surface area contributed by atoms with Crippen LogP contribution in [-0.4, -0.2) is 0 Å². The Bertz CT molecular complexity index is 192. The maximum absolute atomic E-state index is 2.54. The molecule has 0 aliphatic heterocycles. The van der Waals surface area contributed by atoms with Gasteiger partial charge in [0.25, 0.3) is 0 Å². The van der Waals surface area contributed by atoms with Crippen molar-refractivity contribution in [2.24, 2.45) is 22.7 Å². The lowest BCUT2D eigenvalue weighted by atomic mass is 9.85. The molecule has 0 amide bonds. The van der Waals surface area contributed by atoms with Crippen LogP contribution in [-0.2, 0) is 0 Å². The zero-order chi connectivity index (χ0) is 6.98. The summed E-state index contributed by atoms with van der Waals surface area (Å²) < 4.78 is 0. The first-order chi connectivity index (χ1) is 4.73. The van der Waals surface area contributed by atoms with Crippen LogP contribution in [0, 0.1) is 22.7 Å². The topological polar surface area (TPSA) is 0 Å². The second-order valence-electron chi connectivity index (χ2n) is 4.96. The number of hydrogen-bond acceptors (Lipinski definition) is 0. The predicted molar refractivity (Wildman–Crippen MR) is 41.7 cm³/mol. The smallest absolute Gasteiger partial charge is 0.0212 e. The van der Waals surface area contributed by atoms with Crippen LogP contribution < -0.4 is 0 Å². The van der Waals surface area contributed by atoms with Crippen molar-refractivity contribution in [2.75, 3.05) is 0 Å². The highest BCUT2D eigenvalue weighted by molar-refractivity contribution is 5.26. The number of rotatable bonds is 1. The van der Waals surface area contributed by atoms with Gasteiger partial charge in [0.15, 0.2) is 0 Å². The van der Waals surface area contributed by atoms with Gasteiger partial charge in [0, 0.05) is 0 Å². The number of hydrogen-bond donors (Lipinski definition) is 0. The maximum atomic E-state index is 2.54. The van der Waals surface area contributed by atoms with Crippen molar-refractivity contribution in [2.45, 2.75) is 39.5 Å². The minimum Gasteiger partial charge on any atom is -0.0648 e. The third kappa shape index (κ3) is 0.339. The molecular weight excluding hydrogens is 120 g/mol. The Balaban J connectivity index is 2.01. The molecule has 0 bridgehead atoms. The second-order valence-corrected chi connectivity index (χ2v) is 4.96.